The molecular formula is C20H28N2O4S. The van der Waals surface area contributed by atoms with Crippen molar-refractivity contribution in [3.63, 3.8) is 0 Å². The molecule has 5 rings (SSSR count). The van der Waals surface area contributed by atoms with Gasteiger partial charge in [-0.2, -0.15) is 4.99 Å². The van der Waals surface area contributed by atoms with Gasteiger partial charge in [-0.3, -0.25) is 4.79 Å². The van der Waals surface area contributed by atoms with Gasteiger partial charge in [-0.05, 0) is 63.2 Å². The van der Waals surface area contributed by atoms with Gasteiger partial charge in [0, 0.05) is 19.0 Å². The first kappa shape index (κ1) is 18.9. The number of thiazole rings is 1. The van der Waals surface area contributed by atoms with E-state index in [0.29, 0.717) is 48.0 Å². The highest BCUT2D eigenvalue weighted by molar-refractivity contribution is 7.07. The van der Waals surface area contributed by atoms with Gasteiger partial charge >= 0.3 is 5.97 Å². The van der Waals surface area contributed by atoms with Crippen molar-refractivity contribution < 1.29 is 19.1 Å². The molecule has 4 fully saturated rings. The Hall–Kier alpha value is -1.47. The van der Waals surface area contributed by atoms with Crippen molar-refractivity contribution in [2.24, 2.45) is 28.2 Å². The van der Waals surface area contributed by atoms with Gasteiger partial charge in [-0.25, -0.2) is 4.79 Å². The minimum Gasteiger partial charge on any atom is -0.461 e. The van der Waals surface area contributed by atoms with Crippen LogP contribution in [0.15, 0.2) is 10.4 Å². The van der Waals surface area contributed by atoms with E-state index in [2.05, 4.69) is 4.99 Å². The Morgan fingerprint density at radius 1 is 1.22 bits per heavy atom. The zero-order valence-corrected chi connectivity index (χ0v) is 16.9. The third-order valence-corrected chi connectivity index (χ3v) is 7.35. The Morgan fingerprint density at radius 2 is 1.85 bits per heavy atom. The van der Waals surface area contributed by atoms with E-state index in [4.69, 9.17) is 9.47 Å². The van der Waals surface area contributed by atoms with Crippen LogP contribution in [-0.4, -0.2) is 36.8 Å². The van der Waals surface area contributed by atoms with Crippen LogP contribution in [0.25, 0.3) is 0 Å². The topological polar surface area (TPSA) is 69.9 Å². The summed E-state index contributed by atoms with van der Waals surface area (Å²) in [4.78, 5) is 30.6. The summed E-state index contributed by atoms with van der Waals surface area (Å²) in [6.07, 6.45) is 6.88. The third-order valence-electron chi connectivity index (χ3n) is 6.49. The summed E-state index contributed by atoms with van der Waals surface area (Å²) < 4.78 is 12.1. The molecule has 4 aliphatic rings. The van der Waals surface area contributed by atoms with Gasteiger partial charge < -0.3 is 14.0 Å². The highest BCUT2D eigenvalue weighted by Crippen LogP contribution is 2.60. The van der Waals surface area contributed by atoms with Gasteiger partial charge in [-0.1, -0.05) is 0 Å². The van der Waals surface area contributed by atoms with Crippen LogP contribution in [0, 0.1) is 23.2 Å². The van der Waals surface area contributed by atoms with Crippen LogP contribution in [0.1, 0.15) is 55.9 Å². The van der Waals surface area contributed by atoms with Crippen molar-refractivity contribution in [3.8, 4) is 0 Å². The molecule has 0 unspecified atom stereocenters. The smallest absolute Gasteiger partial charge is 0.355 e. The molecule has 27 heavy (non-hydrogen) atoms. The van der Waals surface area contributed by atoms with Gasteiger partial charge in [0.1, 0.15) is 5.69 Å². The largest absolute Gasteiger partial charge is 0.461 e. The van der Waals surface area contributed by atoms with E-state index in [9.17, 15) is 9.59 Å². The molecule has 1 amide bonds. The monoisotopic (exact) mass is 392 g/mol. The SMILES string of the molecule is CCOC(=O)c1csc(=NC(=O)C23CC4CC(CC(C4)C2)C3)n1CCOC. The van der Waals surface area contributed by atoms with Crippen molar-refractivity contribution in [2.75, 3.05) is 20.3 Å². The predicted octanol–water partition coefficient (Wildman–Crippen LogP) is 3.02. The van der Waals surface area contributed by atoms with Gasteiger partial charge in [0.2, 0.25) is 0 Å². The van der Waals surface area contributed by atoms with Crippen molar-refractivity contribution in [1.29, 1.82) is 0 Å². The van der Waals surface area contributed by atoms with Crippen LogP contribution >= 0.6 is 11.3 Å². The lowest BCUT2D eigenvalue weighted by atomic mass is 9.49. The molecule has 0 spiro atoms. The number of hydrogen-bond donors (Lipinski definition) is 0. The van der Waals surface area contributed by atoms with E-state index in [1.54, 1.807) is 24.0 Å². The van der Waals surface area contributed by atoms with E-state index in [0.717, 1.165) is 19.3 Å². The van der Waals surface area contributed by atoms with Crippen LogP contribution in [-0.2, 0) is 20.8 Å². The average Bonchev–Trinajstić information content (AvgIpc) is 3.01. The minimum atomic E-state index is -0.381. The number of amides is 1. The fourth-order valence-electron chi connectivity index (χ4n) is 5.77. The van der Waals surface area contributed by atoms with Crippen LogP contribution in [0.3, 0.4) is 0 Å². The van der Waals surface area contributed by atoms with Gasteiger partial charge in [0.25, 0.3) is 5.91 Å². The number of aromatic nitrogens is 1. The standard InChI is InChI=1S/C20H28N2O4S/c1-3-26-17(23)16-12-27-19(22(16)4-5-25-2)21-18(24)20-9-13-6-14(10-20)8-15(7-13)11-20/h12-15H,3-11H2,1-2H3. The highest BCUT2D eigenvalue weighted by atomic mass is 32.1. The fourth-order valence-corrected chi connectivity index (χ4v) is 6.66. The Bertz CT molecular complexity index is 759. The Morgan fingerprint density at radius 3 is 2.41 bits per heavy atom. The summed E-state index contributed by atoms with van der Waals surface area (Å²) in [5.41, 5.74) is 0.179. The molecule has 1 heterocycles. The van der Waals surface area contributed by atoms with E-state index in [-0.39, 0.29) is 17.3 Å². The first-order chi connectivity index (χ1) is 13.0. The fraction of sp³-hybridized carbons (Fsp3) is 0.750. The number of carbonyl (C=O) groups excluding carboxylic acids is 2. The van der Waals surface area contributed by atoms with Gasteiger partial charge in [0.05, 0.1) is 18.6 Å². The molecule has 0 aliphatic heterocycles. The first-order valence-corrected chi connectivity index (χ1v) is 10.9. The molecule has 1 aromatic rings. The summed E-state index contributed by atoms with van der Waals surface area (Å²) in [5.74, 6) is 1.75. The van der Waals surface area contributed by atoms with Crippen molar-refractivity contribution >= 4 is 23.2 Å². The zero-order valence-electron chi connectivity index (χ0n) is 16.1. The second kappa shape index (κ2) is 7.51. The first-order valence-electron chi connectivity index (χ1n) is 9.98. The lowest BCUT2D eigenvalue weighted by molar-refractivity contribution is -0.142. The van der Waals surface area contributed by atoms with Gasteiger partial charge in [0.15, 0.2) is 4.80 Å². The summed E-state index contributed by atoms with van der Waals surface area (Å²) in [5, 5.41) is 1.74. The van der Waals surface area contributed by atoms with E-state index < -0.39 is 0 Å². The number of nitrogens with zero attached hydrogens (tertiary/aromatic N) is 2. The molecule has 4 bridgehead atoms. The summed E-state index contributed by atoms with van der Waals surface area (Å²) in [7, 11) is 1.62. The summed E-state index contributed by atoms with van der Waals surface area (Å²) >= 11 is 1.33. The zero-order chi connectivity index (χ0) is 19.0. The molecule has 6 nitrogen and oxygen atoms in total. The molecule has 4 saturated carbocycles. The molecule has 1 aromatic heterocycles. The quantitative estimate of drug-likeness (QED) is 0.698. The van der Waals surface area contributed by atoms with Gasteiger partial charge in [-0.15, -0.1) is 11.3 Å². The number of carbonyl (C=O) groups is 2. The Kier molecular flexibility index (Phi) is 5.25. The van der Waals surface area contributed by atoms with Crippen molar-refractivity contribution in [2.45, 2.75) is 52.0 Å². The summed E-state index contributed by atoms with van der Waals surface area (Å²) in [6, 6.07) is 0. The van der Waals surface area contributed by atoms with Crippen LogP contribution < -0.4 is 4.80 Å². The number of ether oxygens (including phenoxy) is 2. The number of hydrogen-bond acceptors (Lipinski definition) is 5. The Balaban J connectivity index is 1.65. The van der Waals surface area contributed by atoms with Crippen LogP contribution in [0.4, 0.5) is 0 Å². The van der Waals surface area contributed by atoms with Crippen LogP contribution in [0.5, 0.6) is 0 Å². The van der Waals surface area contributed by atoms with E-state index >= 15 is 0 Å². The van der Waals surface area contributed by atoms with Crippen molar-refractivity contribution in [1.82, 2.24) is 4.57 Å². The third kappa shape index (κ3) is 3.51. The number of esters is 1. The number of methoxy groups -OCH3 is 1. The molecule has 0 atom stereocenters. The number of rotatable bonds is 6. The lowest BCUT2D eigenvalue weighted by Crippen LogP contribution is -2.50. The maximum Gasteiger partial charge on any atom is 0.355 e. The predicted molar refractivity (Wildman–Crippen MR) is 101 cm³/mol. The molecule has 4 aliphatic carbocycles. The molecule has 0 aromatic carbocycles. The molecule has 0 N–H and O–H groups in total. The lowest BCUT2D eigenvalue weighted by Gasteiger charge is -2.55. The summed E-state index contributed by atoms with van der Waals surface area (Å²) in [6.45, 7) is 3.02. The molecule has 148 valence electrons. The highest BCUT2D eigenvalue weighted by Gasteiger charge is 2.54. The maximum atomic E-state index is 13.3. The van der Waals surface area contributed by atoms with Crippen LogP contribution in [0.2, 0.25) is 0 Å². The molecule has 0 saturated heterocycles. The average molecular weight is 393 g/mol. The Labute approximate surface area is 163 Å². The molecular weight excluding hydrogens is 364 g/mol. The minimum absolute atomic E-state index is 0.0185. The maximum absolute atomic E-state index is 13.3. The second-order valence-corrected chi connectivity index (χ2v) is 9.22. The van der Waals surface area contributed by atoms with E-state index in [1.807, 2.05) is 0 Å². The van der Waals surface area contributed by atoms with Crippen molar-refractivity contribution in [3.05, 3.63) is 15.9 Å². The molecule has 0 radical (unpaired) electrons. The normalized spacial score (nSPS) is 32.1. The second-order valence-electron chi connectivity index (χ2n) is 8.38. The molecule has 7 heteroatoms. The van der Waals surface area contributed by atoms with E-state index in [1.165, 1.54) is 30.6 Å².